The minimum atomic E-state index is -1.35. The van der Waals surface area contributed by atoms with Crippen molar-refractivity contribution in [3.8, 4) is 11.1 Å². The molecule has 1 aliphatic heterocycles. The van der Waals surface area contributed by atoms with Gasteiger partial charge in [0.15, 0.2) is 0 Å². The van der Waals surface area contributed by atoms with Crippen molar-refractivity contribution in [2.75, 3.05) is 26.4 Å². The fourth-order valence-corrected chi connectivity index (χ4v) is 5.23. The average molecular weight is 483 g/mol. The van der Waals surface area contributed by atoms with Crippen LogP contribution in [0.15, 0.2) is 48.5 Å². The number of likely N-dealkylation sites (tertiary alicyclic amines) is 1. The summed E-state index contributed by atoms with van der Waals surface area (Å²) in [4.78, 5) is 38.7. The van der Waals surface area contributed by atoms with Crippen molar-refractivity contribution in [3.63, 3.8) is 0 Å². The van der Waals surface area contributed by atoms with Crippen molar-refractivity contribution in [1.29, 1.82) is 0 Å². The first-order valence-corrected chi connectivity index (χ1v) is 11.8. The molecule has 3 atom stereocenters. The van der Waals surface area contributed by atoms with E-state index in [9.17, 15) is 29.7 Å². The SMILES string of the molecule is O=C(O)CC(NC(=O)OCC1c2ccccc2-c2ccccc21)C(=O)N1CCCC(CO)C1CO. The van der Waals surface area contributed by atoms with E-state index in [-0.39, 0.29) is 31.7 Å². The Bertz CT molecular complexity index is 1040. The van der Waals surface area contributed by atoms with Gasteiger partial charge in [-0.15, -0.1) is 0 Å². The van der Waals surface area contributed by atoms with Crippen LogP contribution in [0.2, 0.25) is 0 Å². The summed E-state index contributed by atoms with van der Waals surface area (Å²) in [5, 5.41) is 31.1. The van der Waals surface area contributed by atoms with Gasteiger partial charge in [0.05, 0.1) is 19.1 Å². The number of ether oxygens (including phenoxy) is 1. The smallest absolute Gasteiger partial charge is 0.407 e. The lowest BCUT2D eigenvalue weighted by molar-refractivity contribution is -0.146. The summed E-state index contributed by atoms with van der Waals surface area (Å²) >= 11 is 0. The highest BCUT2D eigenvalue weighted by atomic mass is 16.5. The molecule has 1 aliphatic carbocycles. The van der Waals surface area contributed by atoms with Crippen LogP contribution in [0.4, 0.5) is 4.79 Å². The first-order chi connectivity index (χ1) is 16.9. The second kappa shape index (κ2) is 10.9. The van der Waals surface area contributed by atoms with Crippen molar-refractivity contribution < 1.29 is 34.4 Å². The molecule has 0 saturated carbocycles. The molecule has 186 valence electrons. The van der Waals surface area contributed by atoms with E-state index >= 15 is 0 Å². The van der Waals surface area contributed by atoms with Crippen LogP contribution in [0.1, 0.15) is 36.3 Å². The highest BCUT2D eigenvalue weighted by Gasteiger charge is 2.38. The number of nitrogens with zero attached hydrogens (tertiary/aromatic N) is 1. The second-order valence-corrected chi connectivity index (χ2v) is 8.99. The van der Waals surface area contributed by atoms with Crippen LogP contribution in [-0.4, -0.2) is 76.6 Å². The van der Waals surface area contributed by atoms with E-state index in [1.807, 2.05) is 48.5 Å². The fraction of sp³-hybridized carbons (Fsp3) is 0.423. The van der Waals surface area contributed by atoms with Gasteiger partial charge in [-0.1, -0.05) is 48.5 Å². The molecule has 2 aromatic carbocycles. The van der Waals surface area contributed by atoms with Gasteiger partial charge in [-0.3, -0.25) is 9.59 Å². The van der Waals surface area contributed by atoms with E-state index in [0.717, 1.165) is 22.3 Å². The highest BCUT2D eigenvalue weighted by Crippen LogP contribution is 2.44. The maximum absolute atomic E-state index is 13.2. The van der Waals surface area contributed by atoms with Gasteiger partial charge in [-0.25, -0.2) is 4.79 Å². The number of carboxylic acid groups (broad SMARTS) is 1. The Morgan fingerprint density at radius 2 is 1.63 bits per heavy atom. The molecule has 0 radical (unpaired) electrons. The number of nitrogens with one attached hydrogen (secondary N) is 1. The maximum atomic E-state index is 13.2. The molecule has 1 heterocycles. The number of carbonyl (C=O) groups is 3. The predicted molar refractivity (Wildman–Crippen MR) is 127 cm³/mol. The summed E-state index contributed by atoms with van der Waals surface area (Å²) in [5.74, 6) is -2.35. The van der Waals surface area contributed by atoms with E-state index in [2.05, 4.69) is 5.32 Å². The number of rotatable bonds is 8. The Morgan fingerprint density at radius 1 is 1.00 bits per heavy atom. The maximum Gasteiger partial charge on any atom is 0.407 e. The van der Waals surface area contributed by atoms with Gasteiger partial charge in [0.1, 0.15) is 12.6 Å². The van der Waals surface area contributed by atoms with Crippen LogP contribution in [-0.2, 0) is 14.3 Å². The Labute approximate surface area is 203 Å². The number of hydrogen-bond acceptors (Lipinski definition) is 6. The lowest BCUT2D eigenvalue weighted by Crippen LogP contribution is -2.57. The van der Waals surface area contributed by atoms with Gasteiger partial charge in [-0.2, -0.15) is 0 Å². The molecule has 2 aliphatic rings. The van der Waals surface area contributed by atoms with Gasteiger partial charge >= 0.3 is 12.1 Å². The molecule has 0 bridgehead atoms. The number of aliphatic carboxylic acids is 1. The number of aliphatic hydroxyl groups is 2. The third kappa shape index (κ3) is 5.16. The highest BCUT2D eigenvalue weighted by molar-refractivity contribution is 5.89. The molecule has 4 rings (SSSR count). The first-order valence-electron chi connectivity index (χ1n) is 11.8. The molecule has 9 nitrogen and oxygen atoms in total. The summed E-state index contributed by atoms with van der Waals surface area (Å²) in [6, 6.07) is 13.8. The predicted octanol–water partition coefficient (Wildman–Crippen LogP) is 1.96. The molecule has 2 aromatic rings. The van der Waals surface area contributed by atoms with Crippen LogP contribution in [0.3, 0.4) is 0 Å². The van der Waals surface area contributed by atoms with Gasteiger partial charge < -0.3 is 30.3 Å². The molecule has 0 spiro atoms. The number of carbonyl (C=O) groups excluding carboxylic acids is 2. The number of alkyl carbamates (subject to hydrolysis) is 1. The van der Waals surface area contributed by atoms with E-state index < -0.39 is 36.5 Å². The summed E-state index contributed by atoms with van der Waals surface area (Å²) in [5.41, 5.74) is 4.23. The van der Waals surface area contributed by atoms with E-state index in [0.29, 0.717) is 19.4 Å². The number of carboxylic acids is 1. The monoisotopic (exact) mass is 482 g/mol. The molecule has 35 heavy (non-hydrogen) atoms. The Balaban J connectivity index is 1.45. The summed E-state index contributed by atoms with van der Waals surface area (Å²) in [6.45, 7) is -0.216. The number of hydrogen-bond donors (Lipinski definition) is 4. The van der Waals surface area contributed by atoms with Gasteiger partial charge in [0.25, 0.3) is 0 Å². The minimum Gasteiger partial charge on any atom is -0.481 e. The third-order valence-corrected chi connectivity index (χ3v) is 6.94. The van der Waals surface area contributed by atoms with E-state index in [1.54, 1.807) is 0 Å². The summed E-state index contributed by atoms with van der Waals surface area (Å²) < 4.78 is 5.48. The van der Waals surface area contributed by atoms with Crippen molar-refractivity contribution in [3.05, 3.63) is 59.7 Å². The van der Waals surface area contributed by atoms with Crippen LogP contribution < -0.4 is 5.32 Å². The molecule has 1 saturated heterocycles. The van der Waals surface area contributed by atoms with Gasteiger partial charge in [0, 0.05) is 25.0 Å². The first kappa shape index (κ1) is 24.7. The second-order valence-electron chi connectivity index (χ2n) is 8.99. The number of aliphatic hydroxyl groups excluding tert-OH is 2. The normalized spacial score (nSPS) is 20.0. The molecule has 1 fully saturated rings. The zero-order valence-corrected chi connectivity index (χ0v) is 19.3. The van der Waals surface area contributed by atoms with Crippen LogP contribution in [0, 0.1) is 5.92 Å². The standard InChI is InChI=1S/C26H30N2O7/c29-13-16-6-5-11-28(23(16)14-30)25(33)22(12-24(31)32)27-26(34)35-15-21-19-9-3-1-7-17(19)18-8-2-4-10-20(18)21/h1-4,7-10,16,21-23,29-30H,5-6,11-15H2,(H,27,34)(H,31,32). The molecule has 4 N–H and O–H groups in total. The molecule has 3 unspecified atom stereocenters. The van der Waals surface area contributed by atoms with E-state index in [4.69, 9.17) is 4.74 Å². The van der Waals surface area contributed by atoms with Crippen LogP contribution in [0.5, 0.6) is 0 Å². The Hall–Kier alpha value is -3.43. The van der Waals surface area contributed by atoms with E-state index in [1.165, 1.54) is 4.90 Å². The largest absolute Gasteiger partial charge is 0.481 e. The quantitative estimate of drug-likeness (QED) is 0.451. The minimum absolute atomic E-state index is 0.0312. The zero-order valence-electron chi connectivity index (χ0n) is 19.3. The molecular weight excluding hydrogens is 452 g/mol. The van der Waals surface area contributed by atoms with Crippen molar-refractivity contribution in [2.24, 2.45) is 5.92 Å². The third-order valence-electron chi connectivity index (χ3n) is 6.94. The number of amides is 2. The van der Waals surface area contributed by atoms with Gasteiger partial charge in [-0.05, 0) is 35.1 Å². The van der Waals surface area contributed by atoms with Gasteiger partial charge in [0.2, 0.25) is 5.91 Å². The van der Waals surface area contributed by atoms with Crippen LogP contribution >= 0.6 is 0 Å². The van der Waals surface area contributed by atoms with Crippen molar-refractivity contribution in [2.45, 2.75) is 37.3 Å². The van der Waals surface area contributed by atoms with Crippen molar-refractivity contribution in [1.82, 2.24) is 10.2 Å². The molecular formula is C26H30N2O7. The Morgan fingerprint density at radius 3 is 2.20 bits per heavy atom. The molecule has 2 amide bonds. The summed E-state index contributed by atoms with van der Waals surface area (Å²) in [6.07, 6.45) is -0.253. The number of piperidine rings is 1. The summed E-state index contributed by atoms with van der Waals surface area (Å²) in [7, 11) is 0. The topological polar surface area (TPSA) is 136 Å². The van der Waals surface area contributed by atoms with Crippen molar-refractivity contribution >= 4 is 18.0 Å². The zero-order chi connectivity index (χ0) is 24.9. The van der Waals surface area contributed by atoms with Crippen LogP contribution in [0.25, 0.3) is 11.1 Å². The Kier molecular flexibility index (Phi) is 7.67. The molecule has 9 heteroatoms. The lowest BCUT2D eigenvalue weighted by Gasteiger charge is -2.41. The average Bonchev–Trinajstić information content (AvgIpc) is 3.19. The number of benzene rings is 2. The molecule has 0 aromatic heterocycles. The fourth-order valence-electron chi connectivity index (χ4n) is 5.23. The number of fused-ring (bicyclic) bond motifs is 3. The lowest BCUT2D eigenvalue weighted by atomic mass is 9.89.